The van der Waals surface area contributed by atoms with Crippen LogP contribution in [0.5, 0.6) is 11.5 Å². The third kappa shape index (κ3) is 4.69. The molecule has 0 aliphatic heterocycles. The molecule has 0 saturated heterocycles. The number of carboxylic acids is 1. The molecule has 2 aromatic carbocycles. The molecule has 0 spiro atoms. The number of hydrogen-bond acceptors (Lipinski definition) is 3. The van der Waals surface area contributed by atoms with E-state index in [1.807, 2.05) is 36.4 Å². The lowest BCUT2D eigenvalue weighted by molar-refractivity contribution is -0.139. The van der Waals surface area contributed by atoms with Crippen molar-refractivity contribution in [1.82, 2.24) is 0 Å². The monoisotopic (exact) mass is 284 g/mol. The van der Waals surface area contributed by atoms with Gasteiger partial charge >= 0.3 is 5.97 Å². The second-order valence-corrected chi connectivity index (χ2v) is 4.40. The molecule has 0 heterocycles. The summed E-state index contributed by atoms with van der Waals surface area (Å²) in [7, 11) is 0. The normalized spacial score (nSPS) is 9.90. The van der Waals surface area contributed by atoms with Gasteiger partial charge in [-0.15, -0.1) is 0 Å². The number of hydrogen-bond donors (Lipinski definition) is 1. The van der Waals surface area contributed by atoms with Crippen LogP contribution < -0.4 is 9.47 Å². The first-order valence-electron chi connectivity index (χ1n) is 6.46. The Morgan fingerprint density at radius 1 is 1.10 bits per heavy atom. The molecule has 0 aliphatic rings. The van der Waals surface area contributed by atoms with E-state index in [1.165, 1.54) is 0 Å². The molecule has 0 fully saturated rings. The molecular formula is C17H16O4. The van der Waals surface area contributed by atoms with E-state index in [4.69, 9.17) is 14.6 Å². The SMILES string of the molecule is C=Cc1cc(OCC(=O)O)cc(OCc2ccccc2)c1. The van der Waals surface area contributed by atoms with Gasteiger partial charge in [-0.3, -0.25) is 0 Å². The molecule has 0 bridgehead atoms. The van der Waals surface area contributed by atoms with Crippen molar-refractivity contribution in [2.24, 2.45) is 0 Å². The first kappa shape index (κ1) is 14.7. The summed E-state index contributed by atoms with van der Waals surface area (Å²) in [5.41, 5.74) is 1.86. The van der Waals surface area contributed by atoms with Crippen LogP contribution in [0.15, 0.2) is 55.1 Å². The van der Waals surface area contributed by atoms with E-state index in [1.54, 1.807) is 18.2 Å². The second-order valence-electron chi connectivity index (χ2n) is 4.40. The van der Waals surface area contributed by atoms with Crippen LogP contribution in [0.4, 0.5) is 0 Å². The zero-order valence-electron chi connectivity index (χ0n) is 11.5. The molecule has 2 aromatic rings. The molecule has 0 saturated carbocycles. The van der Waals surface area contributed by atoms with E-state index >= 15 is 0 Å². The largest absolute Gasteiger partial charge is 0.489 e. The fraction of sp³-hybridized carbons (Fsp3) is 0.118. The van der Waals surface area contributed by atoms with Gasteiger partial charge in [-0.1, -0.05) is 43.0 Å². The van der Waals surface area contributed by atoms with Gasteiger partial charge in [0.05, 0.1) is 0 Å². The molecule has 0 aliphatic carbocycles. The van der Waals surface area contributed by atoms with Crippen molar-refractivity contribution in [1.29, 1.82) is 0 Å². The van der Waals surface area contributed by atoms with E-state index in [0.29, 0.717) is 18.1 Å². The van der Waals surface area contributed by atoms with Gasteiger partial charge < -0.3 is 14.6 Å². The van der Waals surface area contributed by atoms with E-state index in [9.17, 15) is 4.79 Å². The molecule has 1 N–H and O–H groups in total. The zero-order chi connectivity index (χ0) is 15.1. The van der Waals surface area contributed by atoms with Crippen LogP contribution in [-0.2, 0) is 11.4 Å². The van der Waals surface area contributed by atoms with Crippen molar-refractivity contribution in [2.75, 3.05) is 6.61 Å². The molecule has 4 nitrogen and oxygen atoms in total. The summed E-state index contributed by atoms with van der Waals surface area (Å²) in [5, 5.41) is 8.65. The Morgan fingerprint density at radius 2 is 1.76 bits per heavy atom. The van der Waals surface area contributed by atoms with Crippen LogP contribution in [-0.4, -0.2) is 17.7 Å². The predicted molar refractivity (Wildman–Crippen MR) is 80.4 cm³/mol. The minimum absolute atomic E-state index is 0.390. The number of ether oxygens (including phenoxy) is 2. The highest BCUT2D eigenvalue weighted by atomic mass is 16.5. The van der Waals surface area contributed by atoms with Gasteiger partial charge in [-0.25, -0.2) is 4.79 Å². The Labute approximate surface area is 123 Å². The van der Waals surface area contributed by atoms with Gasteiger partial charge in [0.15, 0.2) is 6.61 Å². The van der Waals surface area contributed by atoms with Crippen LogP contribution in [0.2, 0.25) is 0 Å². The summed E-state index contributed by atoms with van der Waals surface area (Å²) in [6.45, 7) is 3.74. The molecule has 4 heteroatoms. The minimum atomic E-state index is -1.02. The fourth-order valence-electron chi connectivity index (χ4n) is 1.76. The molecule has 108 valence electrons. The molecular weight excluding hydrogens is 268 g/mol. The lowest BCUT2D eigenvalue weighted by Crippen LogP contribution is -2.09. The molecule has 0 radical (unpaired) electrons. The minimum Gasteiger partial charge on any atom is -0.489 e. The highest BCUT2D eigenvalue weighted by Crippen LogP contribution is 2.24. The summed E-state index contributed by atoms with van der Waals surface area (Å²) in [4.78, 5) is 10.5. The fourth-order valence-corrected chi connectivity index (χ4v) is 1.76. The number of rotatable bonds is 7. The van der Waals surface area contributed by atoms with E-state index in [0.717, 1.165) is 11.1 Å². The molecule has 0 unspecified atom stereocenters. The quantitative estimate of drug-likeness (QED) is 0.847. The average molecular weight is 284 g/mol. The van der Waals surface area contributed by atoms with Crippen molar-refractivity contribution >= 4 is 12.0 Å². The Morgan fingerprint density at radius 3 is 2.38 bits per heavy atom. The van der Waals surface area contributed by atoms with Gasteiger partial charge in [0, 0.05) is 6.07 Å². The van der Waals surface area contributed by atoms with Crippen LogP contribution in [0.25, 0.3) is 6.08 Å². The van der Waals surface area contributed by atoms with E-state index in [-0.39, 0.29) is 0 Å². The molecule has 0 atom stereocenters. The smallest absolute Gasteiger partial charge is 0.341 e. The standard InChI is InChI=1S/C17H16O4/c1-2-13-8-15(10-16(9-13)21-12-17(18)19)20-11-14-6-4-3-5-7-14/h2-10H,1,11-12H2,(H,18,19). The second kappa shape index (κ2) is 7.14. The topological polar surface area (TPSA) is 55.8 Å². The highest BCUT2D eigenvalue weighted by molar-refractivity contribution is 5.68. The van der Waals surface area contributed by atoms with Crippen LogP contribution in [0.3, 0.4) is 0 Å². The summed E-state index contributed by atoms with van der Waals surface area (Å²) >= 11 is 0. The van der Waals surface area contributed by atoms with E-state index < -0.39 is 12.6 Å². The maximum Gasteiger partial charge on any atom is 0.341 e. The Bertz CT molecular complexity index is 620. The van der Waals surface area contributed by atoms with Crippen molar-refractivity contribution < 1.29 is 19.4 Å². The summed E-state index contributed by atoms with van der Waals surface area (Å²) in [6, 6.07) is 15.0. The number of aliphatic carboxylic acids is 1. The molecule has 0 amide bonds. The number of benzene rings is 2. The third-order valence-corrected chi connectivity index (χ3v) is 2.75. The summed E-state index contributed by atoms with van der Waals surface area (Å²) in [6.07, 6.45) is 1.66. The van der Waals surface area contributed by atoms with Crippen LogP contribution >= 0.6 is 0 Å². The van der Waals surface area contributed by atoms with Crippen molar-refractivity contribution in [3.05, 3.63) is 66.2 Å². The van der Waals surface area contributed by atoms with Crippen molar-refractivity contribution in [3.63, 3.8) is 0 Å². The maximum absolute atomic E-state index is 10.5. The lowest BCUT2D eigenvalue weighted by atomic mass is 10.2. The Kier molecular flexibility index (Phi) is 4.99. The van der Waals surface area contributed by atoms with E-state index in [2.05, 4.69) is 6.58 Å². The predicted octanol–water partition coefficient (Wildman–Crippen LogP) is 3.37. The molecule has 2 rings (SSSR count). The lowest BCUT2D eigenvalue weighted by Gasteiger charge is -2.10. The molecule has 21 heavy (non-hydrogen) atoms. The number of carbonyl (C=O) groups is 1. The van der Waals surface area contributed by atoms with Crippen molar-refractivity contribution in [3.8, 4) is 11.5 Å². The zero-order valence-corrected chi connectivity index (χ0v) is 11.5. The van der Waals surface area contributed by atoms with Gasteiger partial charge in [-0.05, 0) is 23.3 Å². The number of carboxylic acid groups (broad SMARTS) is 1. The Hall–Kier alpha value is -2.75. The van der Waals surface area contributed by atoms with Crippen LogP contribution in [0, 0.1) is 0 Å². The maximum atomic E-state index is 10.5. The first-order chi connectivity index (χ1) is 10.2. The van der Waals surface area contributed by atoms with Gasteiger partial charge in [0.1, 0.15) is 18.1 Å². The molecule has 0 aromatic heterocycles. The Balaban J connectivity index is 2.09. The average Bonchev–Trinajstić information content (AvgIpc) is 2.51. The summed E-state index contributed by atoms with van der Waals surface area (Å²) < 4.78 is 10.9. The van der Waals surface area contributed by atoms with Crippen molar-refractivity contribution in [2.45, 2.75) is 6.61 Å². The van der Waals surface area contributed by atoms with Gasteiger partial charge in [0.2, 0.25) is 0 Å². The summed E-state index contributed by atoms with van der Waals surface area (Å²) in [5.74, 6) is 0.0280. The van der Waals surface area contributed by atoms with Crippen LogP contribution in [0.1, 0.15) is 11.1 Å². The van der Waals surface area contributed by atoms with Gasteiger partial charge in [-0.2, -0.15) is 0 Å². The first-order valence-corrected chi connectivity index (χ1v) is 6.46. The third-order valence-electron chi connectivity index (χ3n) is 2.75. The highest BCUT2D eigenvalue weighted by Gasteiger charge is 2.04. The van der Waals surface area contributed by atoms with Gasteiger partial charge in [0.25, 0.3) is 0 Å².